The molecule has 1 aromatic heterocycles. The monoisotopic (exact) mass is 331 g/mol. The van der Waals surface area contributed by atoms with Crippen LogP contribution in [0.4, 0.5) is 0 Å². The zero-order chi connectivity index (χ0) is 15.2. The Balaban J connectivity index is 1.99. The number of ether oxygens (including phenoxy) is 2. The van der Waals surface area contributed by atoms with Gasteiger partial charge >= 0.3 is 5.97 Å². The number of methoxy groups -OCH3 is 1. The van der Waals surface area contributed by atoms with Crippen molar-refractivity contribution in [3.63, 3.8) is 0 Å². The molecule has 0 N–H and O–H groups in total. The summed E-state index contributed by atoms with van der Waals surface area (Å²) in [6, 6.07) is 0. The third-order valence-corrected chi connectivity index (χ3v) is 7.12. The fourth-order valence-corrected chi connectivity index (χ4v) is 6.05. The number of sulfonamides is 1. The Kier molecular flexibility index (Phi) is 3.81. The van der Waals surface area contributed by atoms with Crippen molar-refractivity contribution in [1.29, 1.82) is 0 Å². The van der Waals surface area contributed by atoms with Crippen LogP contribution >= 0.6 is 11.3 Å². The summed E-state index contributed by atoms with van der Waals surface area (Å²) in [4.78, 5) is 12.0. The van der Waals surface area contributed by atoms with Gasteiger partial charge < -0.3 is 9.47 Å². The van der Waals surface area contributed by atoms with Gasteiger partial charge in [-0.15, -0.1) is 11.3 Å². The standard InChI is InChI=1S/C13H17NO5S2/c1-8-7-20-11(13(15)18-2)12(8)21(16,17)14-5-9-3-4-10(6-14)19-9/h7,9-10H,3-6H2,1-2H3. The van der Waals surface area contributed by atoms with Crippen LogP contribution in [0.15, 0.2) is 10.3 Å². The topological polar surface area (TPSA) is 72.9 Å². The van der Waals surface area contributed by atoms with Crippen molar-refractivity contribution in [3.05, 3.63) is 15.8 Å². The molecule has 0 radical (unpaired) electrons. The molecule has 1 aromatic rings. The first-order chi connectivity index (χ1) is 9.93. The predicted molar refractivity (Wildman–Crippen MR) is 77.0 cm³/mol. The quantitative estimate of drug-likeness (QED) is 0.783. The third kappa shape index (κ3) is 2.50. The fraction of sp³-hybridized carbons (Fsp3) is 0.615. The molecule has 2 aliphatic rings. The molecule has 2 atom stereocenters. The normalized spacial score (nSPS) is 26.0. The SMILES string of the molecule is COC(=O)c1scc(C)c1S(=O)(=O)N1CC2CCC(C1)O2. The van der Waals surface area contributed by atoms with E-state index in [1.807, 2.05) is 0 Å². The first-order valence-corrected chi connectivity index (χ1v) is 9.07. The Morgan fingerprint density at radius 1 is 1.38 bits per heavy atom. The summed E-state index contributed by atoms with van der Waals surface area (Å²) < 4.78 is 37.6. The van der Waals surface area contributed by atoms with Crippen molar-refractivity contribution in [2.24, 2.45) is 0 Å². The van der Waals surface area contributed by atoms with Crippen molar-refractivity contribution in [2.75, 3.05) is 20.2 Å². The van der Waals surface area contributed by atoms with E-state index >= 15 is 0 Å². The number of nitrogens with zero attached hydrogens (tertiary/aromatic N) is 1. The van der Waals surface area contributed by atoms with Crippen LogP contribution in [0.2, 0.25) is 0 Å². The van der Waals surface area contributed by atoms with Crippen molar-refractivity contribution in [3.8, 4) is 0 Å². The van der Waals surface area contributed by atoms with E-state index in [9.17, 15) is 13.2 Å². The van der Waals surface area contributed by atoms with E-state index in [0.29, 0.717) is 18.7 Å². The summed E-state index contributed by atoms with van der Waals surface area (Å²) in [6.07, 6.45) is 1.73. The highest BCUT2D eigenvalue weighted by Crippen LogP contribution is 2.34. The molecule has 21 heavy (non-hydrogen) atoms. The highest BCUT2D eigenvalue weighted by molar-refractivity contribution is 7.89. The number of esters is 1. The number of hydrogen-bond acceptors (Lipinski definition) is 6. The molecule has 2 saturated heterocycles. The van der Waals surface area contributed by atoms with Crippen molar-refractivity contribution < 1.29 is 22.7 Å². The Hall–Kier alpha value is -0.960. The molecule has 8 heteroatoms. The third-order valence-electron chi connectivity index (χ3n) is 3.90. The van der Waals surface area contributed by atoms with Crippen LogP contribution in [0.5, 0.6) is 0 Å². The molecule has 3 rings (SSSR count). The lowest BCUT2D eigenvalue weighted by atomic mass is 10.2. The van der Waals surface area contributed by atoms with Gasteiger partial charge in [0.1, 0.15) is 9.77 Å². The Labute approximate surface area is 127 Å². The fourth-order valence-electron chi connectivity index (χ4n) is 2.89. The first kappa shape index (κ1) is 15.0. The van der Waals surface area contributed by atoms with E-state index in [1.165, 1.54) is 11.4 Å². The van der Waals surface area contributed by atoms with Crippen LogP contribution < -0.4 is 0 Å². The maximum Gasteiger partial charge on any atom is 0.349 e. The molecule has 0 amide bonds. The Morgan fingerprint density at radius 2 is 2.00 bits per heavy atom. The van der Waals surface area contributed by atoms with Gasteiger partial charge in [0.15, 0.2) is 0 Å². The van der Waals surface area contributed by atoms with Crippen LogP contribution in [0.3, 0.4) is 0 Å². The molecule has 2 bridgehead atoms. The average molecular weight is 331 g/mol. The first-order valence-electron chi connectivity index (χ1n) is 6.75. The summed E-state index contributed by atoms with van der Waals surface area (Å²) in [5, 5.41) is 1.67. The summed E-state index contributed by atoms with van der Waals surface area (Å²) in [7, 11) is -2.45. The number of fused-ring (bicyclic) bond motifs is 2. The van der Waals surface area contributed by atoms with Crippen LogP contribution in [0, 0.1) is 6.92 Å². The molecular weight excluding hydrogens is 314 g/mol. The van der Waals surface area contributed by atoms with Gasteiger partial charge in [0.05, 0.1) is 19.3 Å². The van der Waals surface area contributed by atoms with E-state index in [2.05, 4.69) is 0 Å². The number of hydrogen-bond donors (Lipinski definition) is 0. The maximum absolute atomic E-state index is 12.9. The number of morpholine rings is 1. The number of thiophene rings is 1. The minimum atomic E-state index is -3.70. The van der Waals surface area contributed by atoms with Gasteiger partial charge in [-0.05, 0) is 30.7 Å². The zero-order valence-corrected chi connectivity index (χ0v) is 13.5. The van der Waals surface area contributed by atoms with Gasteiger partial charge in [0, 0.05) is 13.1 Å². The largest absolute Gasteiger partial charge is 0.465 e. The summed E-state index contributed by atoms with van der Waals surface area (Å²) in [5.74, 6) is -0.608. The van der Waals surface area contributed by atoms with Gasteiger partial charge in [-0.3, -0.25) is 0 Å². The van der Waals surface area contributed by atoms with Gasteiger partial charge in [-0.25, -0.2) is 13.2 Å². The van der Waals surface area contributed by atoms with Crippen LogP contribution in [0.1, 0.15) is 28.1 Å². The lowest BCUT2D eigenvalue weighted by molar-refractivity contribution is -0.0114. The molecule has 0 aromatic carbocycles. The van der Waals surface area contributed by atoms with E-state index in [4.69, 9.17) is 9.47 Å². The summed E-state index contributed by atoms with van der Waals surface area (Å²) in [6.45, 7) is 2.41. The van der Waals surface area contributed by atoms with Crippen LogP contribution in [0.25, 0.3) is 0 Å². The summed E-state index contributed by atoms with van der Waals surface area (Å²) >= 11 is 1.11. The van der Waals surface area contributed by atoms with E-state index in [0.717, 1.165) is 24.2 Å². The van der Waals surface area contributed by atoms with Crippen molar-refractivity contribution >= 4 is 27.3 Å². The number of carbonyl (C=O) groups is 1. The minimum Gasteiger partial charge on any atom is -0.465 e. The van der Waals surface area contributed by atoms with Crippen molar-refractivity contribution in [1.82, 2.24) is 4.31 Å². The Morgan fingerprint density at radius 3 is 2.57 bits per heavy atom. The maximum atomic E-state index is 12.9. The molecule has 3 heterocycles. The number of aryl methyl sites for hydroxylation is 1. The molecule has 2 unspecified atom stereocenters. The van der Waals surface area contributed by atoms with Crippen molar-refractivity contribution in [2.45, 2.75) is 36.9 Å². The minimum absolute atomic E-state index is 0.0287. The van der Waals surface area contributed by atoms with Crippen LogP contribution in [-0.2, 0) is 19.5 Å². The van der Waals surface area contributed by atoms with Crippen LogP contribution in [-0.4, -0.2) is 51.1 Å². The molecule has 2 fully saturated rings. The summed E-state index contributed by atoms with van der Waals surface area (Å²) in [5.41, 5.74) is 0.583. The lowest BCUT2D eigenvalue weighted by Crippen LogP contribution is -2.46. The molecule has 0 spiro atoms. The smallest absolute Gasteiger partial charge is 0.349 e. The number of carbonyl (C=O) groups excluding carboxylic acids is 1. The predicted octanol–water partition coefficient (Wildman–Crippen LogP) is 1.40. The Bertz CT molecular complexity index is 654. The lowest BCUT2D eigenvalue weighted by Gasteiger charge is -2.31. The zero-order valence-electron chi connectivity index (χ0n) is 11.9. The molecule has 0 saturated carbocycles. The molecule has 6 nitrogen and oxygen atoms in total. The van der Waals surface area contributed by atoms with Gasteiger partial charge in [0.2, 0.25) is 10.0 Å². The average Bonchev–Trinajstić information content (AvgIpc) is 3.00. The molecule has 2 aliphatic heterocycles. The molecular formula is C13H17NO5S2. The van der Waals surface area contributed by atoms with E-state index < -0.39 is 16.0 Å². The second-order valence-electron chi connectivity index (χ2n) is 5.35. The number of rotatable bonds is 3. The van der Waals surface area contributed by atoms with Gasteiger partial charge in [-0.2, -0.15) is 4.31 Å². The van der Waals surface area contributed by atoms with E-state index in [1.54, 1.807) is 12.3 Å². The highest BCUT2D eigenvalue weighted by Gasteiger charge is 2.41. The van der Waals surface area contributed by atoms with Gasteiger partial charge in [-0.1, -0.05) is 0 Å². The highest BCUT2D eigenvalue weighted by atomic mass is 32.2. The second kappa shape index (κ2) is 5.35. The van der Waals surface area contributed by atoms with Gasteiger partial charge in [0.25, 0.3) is 0 Å². The molecule has 116 valence electrons. The van der Waals surface area contributed by atoms with E-state index in [-0.39, 0.29) is 22.0 Å². The molecule has 0 aliphatic carbocycles. The second-order valence-corrected chi connectivity index (χ2v) is 8.10.